The standard InChI is InChI=1S/C31H42O4/c1-7-30(33,8-2)18-17-24-11-12-25(19-22(24)5)31(9-3,10-4)26-13-15-28(23(6)20-26)34-21-27-14-16-29(32)35-27/h11-13,15,17-20,27,33H,7-10,14,16,21H2,1-6H3. The van der Waals surface area contributed by atoms with Gasteiger partial charge < -0.3 is 14.6 Å². The maximum absolute atomic E-state index is 11.3. The van der Waals surface area contributed by atoms with E-state index in [2.05, 4.69) is 70.2 Å². The van der Waals surface area contributed by atoms with E-state index in [1.807, 2.05) is 19.9 Å². The second kappa shape index (κ2) is 11.4. The summed E-state index contributed by atoms with van der Waals surface area (Å²) in [7, 11) is 0. The van der Waals surface area contributed by atoms with Crippen LogP contribution in [0.2, 0.25) is 0 Å². The molecule has 0 aliphatic carbocycles. The van der Waals surface area contributed by atoms with E-state index in [9.17, 15) is 9.90 Å². The third kappa shape index (κ3) is 5.98. The van der Waals surface area contributed by atoms with Crippen molar-refractivity contribution in [2.24, 2.45) is 0 Å². The molecule has 3 rings (SSSR count). The summed E-state index contributed by atoms with van der Waals surface area (Å²) in [5.74, 6) is 0.707. The Morgan fingerprint density at radius 2 is 1.60 bits per heavy atom. The molecule has 0 aromatic heterocycles. The number of rotatable bonds is 11. The topological polar surface area (TPSA) is 55.8 Å². The summed E-state index contributed by atoms with van der Waals surface area (Å²) in [5.41, 5.74) is 5.20. The van der Waals surface area contributed by atoms with Crippen molar-refractivity contribution >= 4 is 12.0 Å². The van der Waals surface area contributed by atoms with E-state index in [1.54, 1.807) is 0 Å². The Bertz CT molecular complexity index is 1040. The van der Waals surface area contributed by atoms with E-state index in [0.717, 1.165) is 36.1 Å². The Kier molecular flexibility index (Phi) is 8.82. The van der Waals surface area contributed by atoms with Gasteiger partial charge in [-0.1, -0.05) is 70.2 Å². The third-order valence-corrected chi connectivity index (χ3v) is 7.95. The predicted octanol–water partition coefficient (Wildman–Crippen LogP) is 7.06. The van der Waals surface area contributed by atoms with Crippen molar-refractivity contribution < 1.29 is 19.4 Å². The smallest absolute Gasteiger partial charge is 0.306 e. The highest BCUT2D eigenvalue weighted by Crippen LogP contribution is 2.41. The zero-order chi connectivity index (χ0) is 25.6. The monoisotopic (exact) mass is 478 g/mol. The normalized spacial score (nSPS) is 16.7. The fraction of sp³-hybridized carbons (Fsp3) is 0.516. The first-order chi connectivity index (χ1) is 16.7. The second-order valence-electron chi connectivity index (χ2n) is 9.95. The molecule has 1 aliphatic heterocycles. The average molecular weight is 479 g/mol. The van der Waals surface area contributed by atoms with Gasteiger partial charge in [0.15, 0.2) is 0 Å². The fourth-order valence-corrected chi connectivity index (χ4v) is 5.12. The molecule has 0 amide bonds. The zero-order valence-corrected chi connectivity index (χ0v) is 22.3. The summed E-state index contributed by atoms with van der Waals surface area (Å²) in [5, 5.41) is 10.6. The number of aliphatic hydroxyl groups is 1. The number of esters is 1. The van der Waals surface area contributed by atoms with Crippen LogP contribution in [0.4, 0.5) is 0 Å². The molecular weight excluding hydrogens is 436 g/mol. The lowest BCUT2D eigenvalue weighted by Crippen LogP contribution is -2.26. The number of aryl methyl sites for hydroxylation is 2. The Hall–Kier alpha value is -2.59. The summed E-state index contributed by atoms with van der Waals surface area (Å²) in [6, 6.07) is 13.2. The molecule has 1 N–H and O–H groups in total. The maximum atomic E-state index is 11.3. The van der Waals surface area contributed by atoms with E-state index in [0.29, 0.717) is 25.9 Å². The van der Waals surface area contributed by atoms with Gasteiger partial charge in [-0.05, 0) is 79.8 Å². The lowest BCUT2D eigenvalue weighted by atomic mass is 9.70. The highest BCUT2D eigenvalue weighted by Gasteiger charge is 2.32. The van der Waals surface area contributed by atoms with Gasteiger partial charge in [-0.3, -0.25) is 4.79 Å². The number of benzene rings is 2. The van der Waals surface area contributed by atoms with Crippen molar-refractivity contribution in [3.05, 3.63) is 70.3 Å². The molecular formula is C31H42O4. The molecule has 0 bridgehead atoms. The minimum absolute atomic E-state index is 0.0924. The molecule has 4 nitrogen and oxygen atoms in total. The van der Waals surface area contributed by atoms with Crippen LogP contribution in [0.3, 0.4) is 0 Å². The minimum Gasteiger partial charge on any atom is -0.489 e. The molecule has 4 heteroatoms. The lowest BCUT2D eigenvalue weighted by molar-refractivity contribution is -0.142. The first kappa shape index (κ1) is 27.0. The molecule has 190 valence electrons. The number of carbonyl (C=O) groups excluding carboxylic acids is 1. The number of ether oxygens (including phenoxy) is 2. The van der Waals surface area contributed by atoms with Crippen LogP contribution in [0.1, 0.15) is 94.0 Å². The van der Waals surface area contributed by atoms with Gasteiger partial charge in [0.1, 0.15) is 18.5 Å². The SMILES string of the molecule is CCC(O)(C=Cc1ccc(C(CC)(CC)c2ccc(OCC3CCC(=O)O3)c(C)c2)cc1C)CC. The largest absolute Gasteiger partial charge is 0.489 e. The molecule has 1 aliphatic rings. The molecule has 2 aromatic rings. The zero-order valence-electron chi connectivity index (χ0n) is 22.3. The van der Waals surface area contributed by atoms with Crippen molar-refractivity contribution in [2.75, 3.05) is 6.61 Å². The van der Waals surface area contributed by atoms with Gasteiger partial charge in [-0.25, -0.2) is 0 Å². The number of hydrogen-bond acceptors (Lipinski definition) is 4. The van der Waals surface area contributed by atoms with E-state index < -0.39 is 5.60 Å². The molecule has 1 atom stereocenters. The van der Waals surface area contributed by atoms with Gasteiger partial charge in [0.25, 0.3) is 0 Å². The lowest BCUT2D eigenvalue weighted by Gasteiger charge is -2.34. The summed E-state index contributed by atoms with van der Waals surface area (Å²) >= 11 is 0. The molecule has 0 radical (unpaired) electrons. The third-order valence-electron chi connectivity index (χ3n) is 7.95. The second-order valence-corrected chi connectivity index (χ2v) is 9.95. The van der Waals surface area contributed by atoms with E-state index in [1.165, 1.54) is 16.7 Å². The number of carbonyl (C=O) groups is 1. The highest BCUT2D eigenvalue weighted by molar-refractivity contribution is 5.71. The highest BCUT2D eigenvalue weighted by atomic mass is 16.6. The first-order valence-electron chi connectivity index (χ1n) is 13.2. The van der Waals surface area contributed by atoms with Gasteiger partial charge in [-0.2, -0.15) is 0 Å². The average Bonchev–Trinajstić information content (AvgIpc) is 3.28. The Labute approximate surface area is 211 Å². The molecule has 0 saturated carbocycles. The van der Waals surface area contributed by atoms with Gasteiger partial charge in [0, 0.05) is 11.8 Å². The van der Waals surface area contributed by atoms with E-state index in [4.69, 9.17) is 9.47 Å². The Morgan fingerprint density at radius 3 is 2.11 bits per heavy atom. The van der Waals surface area contributed by atoms with Crippen LogP contribution in [0.5, 0.6) is 5.75 Å². The summed E-state index contributed by atoms with van der Waals surface area (Å²) in [6.45, 7) is 13.2. The van der Waals surface area contributed by atoms with Crippen molar-refractivity contribution in [1.29, 1.82) is 0 Å². The number of hydrogen-bond donors (Lipinski definition) is 1. The quantitative estimate of drug-likeness (QED) is 0.351. The van der Waals surface area contributed by atoms with Crippen molar-refractivity contribution in [3.8, 4) is 5.75 Å². The minimum atomic E-state index is -0.748. The van der Waals surface area contributed by atoms with Crippen molar-refractivity contribution in [3.63, 3.8) is 0 Å². The van der Waals surface area contributed by atoms with Crippen LogP contribution in [-0.2, 0) is 14.9 Å². The van der Waals surface area contributed by atoms with Crippen LogP contribution in [0.15, 0.2) is 42.5 Å². The van der Waals surface area contributed by atoms with Crippen LogP contribution in [0, 0.1) is 13.8 Å². The predicted molar refractivity (Wildman–Crippen MR) is 143 cm³/mol. The van der Waals surface area contributed by atoms with E-state index in [-0.39, 0.29) is 17.5 Å². The van der Waals surface area contributed by atoms with Gasteiger partial charge in [0.2, 0.25) is 0 Å². The molecule has 1 fully saturated rings. The van der Waals surface area contributed by atoms with Gasteiger partial charge in [-0.15, -0.1) is 0 Å². The fourth-order valence-electron chi connectivity index (χ4n) is 5.12. The molecule has 1 heterocycles. The van der Waals surface area contributed by atoms with Crippen LogP contribution < -0.4 is 4.74 Å². The maximum Gasteiger partial charge on any atom is 0.306 e. The summed E-state index contributed by atoms with van der Waals surface area (Å²) in [4.78, 5) is 11.3. The molecule has 35 heavy (non-hydrogen) atoms. The van der Waals surface area contributed by atoms with Crippen molar-refractivity contribution in [1.82, 2.24) is 0 Å². The molecule has 2 aromatic carbocycles. The molecule has 1 unspecified atom stereocenters. The molecule has 0 spiro atoms. The molecule has 1 saturated heterocycles. The van der Waals surface area contributed by atoms with Gasteiger partial charge in [0.05, 0.1) is 5.60 Å². The summed E-state index contributed by atoms with van der Waals surface area (Å²) in [6.07, 6.45) is 8.45. The van der Waals surface area contributed by atoms with Crippen LogP contribution in [-0.4, -0.2) is 29.4 Å². The van der Waals surface area contributed by atoms with Crippen LogP contribution >= 0.6 is 0 Å². The first-order valence-corrected chi connectivity index (χ1v) is 13.2. The van der Waals surface area contributed by atoms with Gasteiger partial charge >= 0.3 is 5.97 Å². The van der Waals surface area contributed by atoms with E-state index >= 15 is 0 Å². The number of cyclic esters (lactones) is 1. The Morgan fingerprint density at radius 1 is 0.971 bits per heavy atom. The van der Waals surface area contributed by atoms with Crippen molar-refractivity contribution in [2.45, 2.75) is 97.2 Å². The van der Waals surface area contributed by atoms with Crippen LogP contribution in [0.25, 0.3) is 6.08 Å². The Balaban J connectivity index is 1.86. The summed E-state index contributed by atoms with van der Waals surface area (Å²) < 4.78 is 11.3.